The van der Waals surface area contributed by atoms with E-state index in [9.17, 15) is 4.79 Å². The maximum absolute atomic E-state index is 12.7. The van der Waals surface area contributed by atoms with E-state index in [2.05, 4.69) is 43.5 Å². The molecule has 1 amide bonds. The summed E-state index contributed by atoms with van der Waals surface area (Å²) in [6.07, 6.45) is 4.53. The van der Waals surface area contributed by atoms with Gasteiger partial charge in [0.05, 0.1) is 21.5 Å². The second-order valence-corrected chi connectivity index (χ2v) is 9.80. The molecule has 0 aliphatic carbocycles. The van der Waals surface area contributed by atoms with Crippen molar-refractivity contribution in [3.8, 4) is 11.1 Å². The molecular formula is C25H27BrN6O2. The monoisotopic (exact) mass is 522 g/mol. The van der Waals surface area contributed by atoms with Crippen molar-refractivity contribution in [2.75, 3.05) is 12.8 Å². The molecule has 0 saturated carbocycles. The zero-order chi connectivity index (χ0) is 24.6. The molecule has 0 fully saturated rings. The molecule has 1 atom stereocenters. The lowest BCUT2D eigenvalue weighted by Gasteiger charge is -2.29. The molecule has 34 heavy (non-hydrogen) atoms. The smallest absolute Gasteiger partial charge is 0.410 e. The van der Waals surface area contributed by atoms with Crippen molar-refractivity contribution in [1.29, 1.82) is 0 Å². The molecule has 0 spiro atoms. The fourth-order valence-corrected chi connectivity index (χ4v) is 4.55. The van der Waals surface area contributed by atoms with E-state index in [4.69, 9.17) is 10.5 Å². The fourth-order valence-electron chi connectivity index (χ4n) is 3.81. The van der Waals surface area contributed by atoms with Crippen molar-refractivity contribution < 1.29 is 9.53 Å². The van der Waals surface area contributed by atoms with Crippen LogP contribution < -0.4 is 5.73 Å². The number of hydrogen-bond donors (Lipinski definition) is 1. The quantitative estimate of drug-likeness (QED) is 0.351. The Hall–Kier alpha value is -3.46. The van der Waals surface area contributed by atoms with Gasteiger partial charge in [0.15, 0.2) is 0 Å². The van der Waals surface area contributed by atoms with Gasteiger partial charge in [0.1, 0.15) is 23.4 Å². The van der Waals surface area contributed by atoms with E-state index in [0.29, 0.717) is 23.4 Å². The summed E-state index contributed by atoms with van der Waals surface area (Å²) in [7, 11) is 1.69. The van der Waals surface area contributed by atoms with E-state index < -0.39 is 11.7 Å². The molecule has 9 heteroatoms. The number of hydrogen-bond acceptors (Lipinski definition) is 6. The number of likely N-dealkylation sites (N-methyl/N-ethyl adjacent to an activating group) is 1. The minimum atomic E-state index is -0.601. The highest BCUT2D eigenvalue weighted by atomic mass is 79.9. The van der Waals surface area contributed by atoms with Crippen molar-refractivity contribution in [2.24, 2.45) is 0 Å². The average molecular weight is 523 g/mol. The van der Waals surface area contributed by atoms with Crippen LogP contribution in [0.2, 0.25) is 0 Å². The number of carbonyl (C=O) groups excluding carboxylic acids is 1. The number of aromatic nitrogens is 4. The summed E-state index contributed by atoms with van der Waals surface area (Å²) >= 11 is 3.77. The number of nitrogens with zero attached hydrogens (tertiary/aromatic N) is 5. The average Bonchev–Trinajstić information content (AvgIpc) is 3.07. The van der Waals surface area contributed by atoms with Gasteiger partial charge in [0.25, 0.3) is 0 Å². The molecule has 0 aliphatic heterocycles. The molecule has 2 N–H and O–H groups in total. The molecule has 0 aliphatic rings. The number of ether oxygens (including phenoxy) is 1. The second-order valence-electron chi connectivity index (χ2n) is 9.04. The van der Waals surface area contributed by atoms with Crippen LogP contribution in [0.25, 0.3) is 33.1 Å². The maximum Gasteiger partial charge on any atom is 0.410 e. The van der Waals surface area contributed by atoms with E-state index in [1.54, 1.807) is 13.1 Å². The predicted molar refractivity (Wildman–Crippen MR) is 138 cm³/mol. The highest BCUT2D eigenvalue weighted by molar-refractivity contribution is 9.10. The summed E-state index contributed by atoms with van der Waals surface area (Å²) in [6.45, 7) is 9.82. The van der Waals surface area contributed by atoms with Gasteiger partial charge in [-0.25, -0.2) is 14.8 Å². The molecule has 8 nitrogen and oxygen atoms in total. The summed E-state index contributed by atoms with van der Waals surface area (Å²) in [5.74, 6) is 0.364. The van der Waals surface area contributed by atoms with Crippen molar-refractivity contribution in [3.05, 3.63) is 60.1 Å². The topological polar surface area (TPSA) is 99.2 Å². The number of para-hydroxylation sites is 1. The number of nitrogens with two attached hydrogens (primary N) is 1. The fraction of sp³-hybridized carbons (Fsp3) is 0.280. The summed E-state index contributed by atoms with van der Waals surface area (Å²) in [4.78, 5) is 27.6. The Balaban J connectivity index is 1.81. The van der Waals surface area contributed by atoms with Crippen molar-refractivity contribution >= 4 is 49.8 Å². The largest absolute Gasteiger partial charge is 0.444 e. The van der Waals surface area contributed by atoms with Gasteiger partial charge in [0.2, 0.25) is 0 Å². The number of amides is 1. The number of rotatable bonds is 5. The minimum absolute atomic E-state index is 0.361. The number of nitrogen functional groups attached to an aromatic ring is 1. The standard InChI is InChI=1S/C25H27BrN6O2/c1-6-17(31(5)24(33)34-25(2,3)4)13-32-21(26)19(20-22(27)29-14-30-23(20)32)16-11-15-9-7-8-10-18(15)28-12-16/h6-12,14,17H,1,13H2,2-5H3,(H2,27,29,30)/t17-/m1/s1. The van der Waals surface area contributed by atoms with Crippen molar-refractivity contribution in [2.45, 2.75) is 39.0 Å². The molecule has 0 radical (unpaired) electrons. The van der Waals surface area contributed by atoms with Crippen LogP contribution in [0.3, 0.4) is 0 Å². The third-order valence-electron chi connectivity index (χ3n) is 5.51. The Labute approximate surface area is 206 Å². The normalized spacial score (nSPS) is 12.6. The van der Waals surface area contributed by atoms with Crippen LogP contribution in [-0.2, 0) is 11.3 Å². The molecule has 0 bridgehead atoms. The Morgan fingerprint density at radius 3 is 2.74 bits per heavy atom. The van der Waals surface area contributed by atoms with Gasteiger partial charge in [-0.1, -0.05) is 24.3 Å². The lowest BCUT2D eigenvalue weighted by molar-refractivity contribution is 0.0245. The predicted octanol–water partition coefficient (Wildman–Crippen LogP) is 5.41. The van der Waals surface area contributed by atoms with Gasteiger partial charge >= 0.3 is 6.09 Å². The summed E-state index contributed by atoms with van der Waals surface area (Å²) in [5, 5.41) is 1.73. The first kappa shape index (κ1) is 23.7. The van der Waals surface area contributed by atoms with Crippen molar-refractivity contribution in [1.82, 2.24) is 24.4 Å². The number of anilines is 1. The van der Waals surface area contributed by atoms with E-state index >= 15 is 0 Å². The van der Waals surface area contributed by atoms with E-state index in [1.165, 1.54) is 11.2 Å². The molecule has 4 rings (SSSR count). The highest BCUT2D eigenvalue weighted by Gasteiger charge is 2.27. The van der Waals surface area contributed by atoms with Crippen LogP contribution in [0.4, 0.5) is 10.6 Å². The molecular weight excluding hydrogens is 496 g/mol. The Morgan fingerprint density at radius 2 is 2.03 bits per heavy atom. The Bertz CT molecular complexity index is 1390. The first-order valence-corrected chi connectivity index (χ1v) is 11.6. The van der Waals surface area contributed by atoms with Gasteiger partial charge in [-0.05, 0) is 48.8 Å². The zero-order valence-electron chi connectivity index (χ0n) is 19.6. The first-order valence-electron chi connectivity index (χ1n) is 10.8. The first-order chi connectivity index (χ1) is 16.1. The molecule has 3 heterocycles. The molecule has 1 aromatic carbocycles. The Kier molecular flexibility index (Phi) is 6.31. The number of fused-ring (bicyclic) bond motifs is 2. The third kappa shape index (κ3) is 4.48. The lowest BCUT2D eigenvalue weighted by Crippen LogP contribution is -2.41. The maximum atomic E-state index is 12.7. The van der Waals surface area contributed by atoms with E-state index in [0.717, 1.165) is 26.6 Å². The SMILES string of the molecule is C=C[C@H](Cn1c(Br)c(-c2cnc3ccccc3c2)c2c(N)ncnc21)N(C)C(=O)OC(C)(C)C. The number of pyridine rings is 1. The third-order valence-corrected chi connectivity index (χ3v) is 6.33. The second kappa shape index (κ2) is 9.06. The minimum Gasteiger partial charge on any atom is -0.444 e. The number of benzene rings is 1. The van der Waals surface area contributed by atoms with Gasteiger partial charge < -0.3 is 19.9 Å². The summed E-state index contributed by atoms with van der Waals surface area (Å²) < 4.78 is 8.26. The number of carbonyl (C=O) groups is 1. The lowest BCUT2D eigenvalue weighted by atomic mass is 10.1. The van der Waals surface area contributed by atoms with Crippen LogP contribution in [0, 0.1) is 0 Å². The van der Waals surface area contributed by atoms with Crippen LogP contribution in [-0.4, -0.2) is 49.2 Å². The zero-order valence-corrected chi connectivity index (χ0v) is 21.2. The number of halogens is 1. The van der Waals surface area contributed by atoms with E-state index in [1.807, 2.05) is 55.8 Å². The summed E-state index contributed by atoms with van der Waals surface area (Å²) in [6, 6.07) is 9.62. The molecule has 176 valence electrons. The van der Waals surface area contributed by atoms with Crippen LogP contribution >= 0.6 is 15.9 Å². The van der Waals surface area contributed by atoms with Gasteiger partial charge in [0, 0.05) is 36.3 Å². The van der Waals surface area contributed by atoms with E-state index in [-0.39, 0.29) is 6.04 Å². The molecule has 4 aromatic rings. The van der Waals surface area contributed by atoms with Crippen LogP contribution in [0.15, 0.2) is 60.1 Å². The van der Waals surface area contributed by atoms with Gasteiger partial charge in [-0.3, -0.25) is 4.98 Å². The molecule has 3 aromatic heterocycles. The molecule has 0 saturated heterocycles. The highest BCUT2D eigenvalue weighted by Crippen LogP contribution is 2.40. The molecule has 0 unspecified atom stereocenters. The summed E-state index contributed by atoms with van der Waals surface area (Å²) in [5.41, 5.74) is 8.99. The van der Waals surface area contributed by atoms with Gasteiger partial charge in [-0.2, -0.15) is 0 Å². The van der Waals surface area contributed by atoms with Gasteiger partial charge in [-0.15, -0.1) is 6.58 Å². The van der Waals surface area contributed by atoms with Crippen LogP contribution in [0.1, 0.15) is 20.8 Å². The Morgan fingerprint density at radius 1 is 1.29 bits per heavy atom. The van der Waals surface area contributed by atoms with Crippen molar-refractivity contribution in [3.63, 3.8) is 0 Å². The van der Waals surface area contributed by atoms with Crippen LogP contribution in [0.5, 0.6) is 0 Å².